The minimum absolute atomic E-state index is 0.00119. The first-order chi connectivity index (χ1) is 11.1. The zero-order chi connectivity index (χ0) is 16.2. The summed E-state index contributed by atoms with van der Waals surface area (Å²) in [5.74, 6) is 2.22. The maximum Gasteiger partial charge on any atom is 0.266 e. The Morgan fingerprint density at radius 1 is 1.26 bits per heavy atom. The summed E-state index contributed by atoms with van der Waals surface area (Å²) in [5.41, 5.74) is 0.892. The zero-order valence-corrected chi connectivity index (χ0v) is 13.9. The number of oxazole rings is 1. The average molecular weight is 316 g/mol. The fraction of sp³-hybridized carbons (Fsp3) is 0.588. The Hall–Kier alpha value is -1.95. The first-order valence-corrected chi connectivity index (χ1v) is 8.28. The molecule has 124 valence electrons. The summed E-state index contributed by atoms with van der Waals surface area (Å²) in [6.07, 6.45) is 4.94. The van der Waals surface area contributed by atoms with E-state index in [1.807, 2.05) is 20.0 Å². The lowest BCUT2D eigenvalue weighted by atomic mass is 9.96. The molecule has 0 aliphatic carbocycles. The lowest BCUT2D eigenvalue weighted by molar-refractivity contribution is 0.169. The number of piperidine rings is 1. The summed E-state index contributed by atoms with van der Waals surface area (Å²) in [6, 6.07) is 3.38. The highest BCUT2D eigenvalue weighted by Crippen LogP contribution is 2.18. The van der Waals surface area contributed by atoms with E-state index in [0.717, 1.165) is 62.8 Å². The van der Waals surface area contributed by atoms with E-state index in [-0.39, 0.29) is 5.56 Å². The lowest BCUT2D eigenvalue weighted by Crippen LogP contribution is -2.37. The van der Waals surface area contributed by atoms with Gasteiger partial charge in [0.1, 0.15) is 5.76 Å². The fourth-order valence-corrected chi connectivity index (χ4v) is 3.11. The molecule has 2 aromatic rings. The van der Waals surface area contributed by atoms with Crippen LogP contribution in [-0.4, -0.2) is 39.3 Å². The minimum atomic E-state index is -0.00119. The van der Waals surface area contributed by atoms with Crippen molar-refractivity contribution >= 4 is 0 Å². The Bertz CT molecular complexity index is 699. The van der Waals surface area contributed by atoms with Crippen LogP contribution in [0.15, 0.2) is 27.5 Å². The number of aromatic nitrogens is 3. The molecule has 0 spiro atoms. The highest BCUT2D eigenvalue weighted by Gasteiger charge is 2.20. The third kappa shape index (κ3) is 4.28. The molecular formula is C17H24N4O2. The van der Waals surface area contributed by atoms with Crippen LogP contribution in [0.2, 0.25) is 0 Å². The Morgan fingerprint density at radius 3 is 2.74 bits per heavy atom. The number of rotatable bonds is 5. The Balaban J connectivity index is 1.46. The van der Waals surface area contributed by atoms with Crippen molar-refractivity contribution in [2.45, 2.75) is 39.7 Å². The quantitative estimate of drug-likeness (QED) is 0.841. The van der Waals surface area contributed by atoms with Gasteiger partial charge in [0.05, 0.1) is 11.9 Å². The standard InChI is InChI=1S/C17H24N4O2/c1-13-3-4-17(22)21(19-13)12-15-5-8-20(9-6-15)10-7-16-11-18-14(2)23-16/h3-4,11,15H,5-10,12H2,1-2H3. The molecule has 0 atom stereocenters. The summed E-state index contributed by atoms with van der Waals surface area (Å²) in [7, 11) is 0. The molecule has 23 heavy (non-hydrogen) atoms. The van der Waals surface area contributed by atoms with Gasteiger partial charge in [-0.15, -0.1) is 0 Å². The molecular weight excluding hydrogens is 292 g/mol. The first kappa shape index (κ1) is 15.9. The van der Waals surface area contributed by atoms with Gasteiger partial charge in [0, 0.05) is 32.5 Å². The largest absolute Gasteiger partial charge is 0.446 e. The van der Waals surface area contributed by atoms with Gasteiger partial charge in [-0.25, -0.2) is 9.67 Å². The predicted octanol–water partition coefficient (Wildman–Crippen LogP) is 1.80. The summed E-state index contributed by atoms with van der Waals surface area (Å²) in [4.78, 5) is 18.4. The average Bonchev–Trinajstić information content (AvgIpc) is 2.96. The van der Waals surface area contributed by atoms with Crippen LogP contribution in [0.3, 0.4) is 0 Å². The topological polar surface area (TPSA) is 64.2 Å². The van der Waals surface area contributed by atoms with Gasteiger partial charge in [0.15, 0.2) is 5.89 Å². The summed E-state index contributed by atoms with van der Waals surface area (Å²) < 4.78 is 7.13. The molecule has 1 saturated heterocycles. The fourth-order valence-electron chi connectivity index (χ4n) is 3.11. The second-order valence-electron chi connectivity index (χ2n) is 6.38. The summed E-state index contributed by atoms with van der Waals surface area (Å²) in [5, 5.41) is 4.34. The zero-order valence-electron chi connectivity index (χ0n) is 13.9. The Labute approximate surface area is 136 Å². The monoisotopic (exact) mass is 316 g/mol. The van der Waals surface area contributed by atoms with Crippen LogP contribution in [0.1, 0.15) is 30.2 Å². The molecule has 0 saturated carbocycles. The molecule has 0 amide bonds. The van der Waals surface area contributed by atoms with Crippen molar-refractivity contribution in [1.29, 1.82) is 0 Å². The van der Waals surface area contributed by atoms with Crippen molar-refractivity contribution in [3.05, 3.63) is 46.0 Å². The van der Waals surface area contributed by atoms with Gasteiger partial charge in [-0.2, -0.15) is 5.10 Å². The van der Waals surface area contributed by atoms with E-state index >= 15 is 0 Å². The van der Waals surface area contributed by atoms with Crippen molar-refractivity contribution in [1.82, 2.24) is 19.7 Å². The van der Waals surface area contributed by atoms with Crippen LogP contribution in [0.25, 0.3) is 0 Å². The molecule has 1 aliphatic heterocycles. The second-order valence-corrected chi connectivity index (χ2v) is 6.38. The Kier molecular flexibility index (Phi) is 4.91. The summed E-state index contributed by atoms with van der Waals surface area (Å²) >= 11 is 0. The second kappa shape index (κ2) is 7.08. The van der Waals surface area contributed by atoms with E-state index in [1.165, 1.54) is 0 Å². The van der Waals surface area contributed by atoms with Crippen LogP contribution in [-0.2, 0) is 13.0 Å². The van der Waals surface area contributed by atoms with E-state index in [0.29, 0.717) is 5.92 Å². The molecule has 1 aliphatic rings. The normalized spacial score (nSPS) is 16.8. The van der Waals surface area contributed by atoms with Crippen LogP contribution in [0.4, 0.5) is 0 Å². The summed E-state index contributed by atoms with van der Waals surface area (Å²) in [6.45, 7) is 7.66. The highest BCUT2D eigenvalue weighted by molar-refractivity contribution is 4.97. The molecule has 3 rings (SSSR count). The maximum absolute atomic E-state index is 11.8. The van der Waals surface area contributed by atoms with Crippen LogP contribution >= 0.6 is 0 Å². The van der Waals surface area contributed by atoms with Crippen molar-refractivity contribution in [3.8, 4) is 0 Å². The van der Waals surface area contributed by atoms with Gasteiger partial charge >= 0.3 is 0 Å². The third-order valence-electron chi connectivity index (χ3n) is 4.48. The van der Waals surface area contributed by atoms with E-state index in [4.69, 9.17) is 4.42 Å². The van der Waals surface area contributed by atoms with Crippen LogP contribution < -0.4 is 5.56 Å². The van der Waals surface area contributed by atoms with Crippen molar-refractivity contribution in [2.75, 3.05) is 19.6 Å². The van der Waals surface area contributed by atoms with Crippen LogP contribution in [0.5, 0.6) is 0 Å². The van der Waals surface area contributed by atoms with Gasteiger partial charge in [0.2, 0.25) is 0 Å². The molecule has 0 aromatic carbocycles. The van der Waals surface area contributed by atoms with E-state index < -0.39 is 0 Å². The van der Waals surface area contributed by atoms with Crippen molar-refractivity contribution < 1.29 is 4.42 Å². The van der Waals surface area contributed by atoms with Gasteiger partial charge in [-0.05, 0) is 44.8 Å². The number of nitrogens with zero attached hydrogens (tertiary/aromatic N) is 4. The molecule has 6 heteroatoms. The molecule has 1 fully saturated rings. The molecule has 0 N–H and O–H groups in total. The molecule has 3 heterocycles. The minimum Gasteiger partial charge on any atom is -0.446 e. The van der Waals surface area contributed by atoms with Gasteiger partial charge < -0.3 is 9.32 Å². The van der Waals surface area contributed by atoms with E-state index in [9.17, 15) is 4.79 Å². The third-order valence-corrected chi connectivity index (χ3v) is 4.48. The maximum atomic E-state index is 11.8. The molecule has 2 aromatic heterocycles. The molecule has 6 nitrogen and oxygen atoms in total. The lowest BCUT2D eigenvalue weighted by Gasteiger charge is -2.31. The van der Waals surface area contributed by atoms with E-state index in [2.05, 4.69) is 15.0 Å². The number of hydrogen-bond donors (Lipinski definition) is 0. The van der Waals surface area contributed by atoms with Gasteiger partial charge in [-0.3, -0.25) is 4.79 Å². The Morgan fingerprint density at radius 2 is 2.04 bits per heavy atom. The van der Waals surface area contributed by atoms with Gasteiger partial charge in [0.25, 0.3) is 5.56 Å². The van der Waals surface area contributed by atoms with Crippen LogP contribution in [0, 0.1) is 19.8 Å². The van der Waals surface area contributed by atoms with Crippen molar-refractivity contribution in [3.63, 3.8) is 0 Å². The number of hydrogen-bond acceptors (Lipinski definition) is 5. The molecule has 0 radical (unpaired) electrons. The number of aryl methyl sites for hydroxylation is 2. The number of likely N-dealkylation sites (tertiary alicyclic amines) is 1. The molecule has 0 unspecified atom stereocenters. The smallest absolute Gasteiger partial charge is 0.266 e. The SMILES string of the molecule is Cc1ccc(=O)n(CC2CCN(CCc3cnc(C)o3)CC2)n1. The van der Waals surface area contributed by atoms with E-state index in [1.54, 1.807) is 16.8 Å². The highest BCUT2D eigenvalue weighted by atomic mass is 16.4. The molecule has 0 bridgehead atoms. The van der Waals surface area contributed by atoms with Crippen molar-refractivity contribution in [2.24, 2.45) is 5.92 Å². The first-order valence-electron chi connectivity index (χ1n) is 8.28. The predicted molar refractivity (Wildman–Crippen MR) is 87.3 cm³/mol. The van der Waals surface area contributed by atoms with Gasteiger partial charge in [-0.1, -0.05) is 0 Å².